The molecule has 0 aliphatic heterocycles. The zero-order valence-corrected chi connectivity index (χ0v) is 15.1. The molecular weight excluding hydrogens is 336 g/mol. The van der Waals surface area contributed by atoms with Crippen molar-refractivity contribution in [2.24, 2.45) is 0 Å². The van der Waals surface area contributed by atoms with Gasteiger partial charge in [-0.15, -0.1) is 0 Å². The minimum atomic E-state index is -3.68. The highest BCUT2D eigenvalue weighted by Crippen LogP contribution is 2.18. The van der Waals surface area contributed by atoms with Crippen LogP contribution in [0.25, 0.3) is 0 Å². The Morgan fingerprint density at radius 2 is 1.84 bits per heavy atom. The van der Waals surface area contributed by atoms with Gasteiger partial charge in [0, 0.05) is 6.54 Å². The monoisotopic (exact) mass is 358 g/mol. The fourth-order valence-electron chi connectivity index (χ4n) is 2.54. The summed E-state index contributed by atoms with van der Waals surface area (Å²) in [5, 5.41) is 2.75. The summed E-state index contributed by atoms with van der Waals surface area (Å²) in [4.78, 5) is 11.9. The third-order valence-corrected chi connectivity index (χ3v) is 5.39. The molecule has 0 aliphatic rings. The van der Waals surface area contributed by atoms with Crippen LogP contribution in [0.15, 0.2) is 66.1 Å². The minimum absolute atomic E-state index is 0.0409. The van der Waals surface area contributed by atoms with Gasteiger partial charge in [-0.05, 0) is 37.1 Å². The maximum absolute atomic E-state index is 12.6. The molecule has 2 aromatic carbocycles. The van der Waals surface area contributed by atoms with E-state index in [0.717, 1.165) is 17.2 Å². The topological polar surface area (TPSA) is 75.3 Å². The van der Waals surface area contributed by atoms with Crippen LogP contribution in [-0.4, -0.2) is 20.9 Å². The van der Waals surface area contributed by atoms with E-state index in [1.165, 1.54) is 0 Å². The summed E-state index contributed by atoms with van der Waals surface area (Å²) >= 11 is 0. The lowest BCUT2D eigenvalue weighted by Gasteiger charge is -2.19. The first-order valence-corrected chi connectivity index (χ1v) is 9.36. The number of amides is 1. The van der Waals surface area contributed by atoms with E-state index < -0.39 is 16.1 Å². The van der Waals surface area contributed by atoms with E-state index in [1.54, 1.807) is 19.1 Å². The summed E-state index contributed by atoms with van der Waals surface area (Å²) in [7, 11) is -3.68. The van der Waals surface area contributed by atoms with Crippen LogP contribution in [0.3, 0.4) is 0 Å². The fraction of sp³-hybridized carbons (Fsp3) is 0.211. The van der Waals surface area contributed by atoms with Crippen LogP contribution in [0.2, 0.25) is 0 Å². The Labute approximate surface area is 148 Å². The van der Waals surface area contributed by atoms with E-state index in [2.05, 4.69) is 16.6 Å². The number of aryl methyl sites for hydroxylation is 2. The molecular formula is C19H22N2O3S. The number of hydrogen-bond acceptors (Lipinski definition) is 3. The van der Waals surface area contributed by atoms with Crippen LogP contribution in [-0.2, 0) is 14.8 Å². The molecule has 0 saturated carbocycles. The van der Waals surface area contributed by atoms with Crippen molar-refractivity contribution in [2.45, 2.75) is 24.8 Å². The molecule has 25 heavy (non-hydrogen) atoms. The third kappa shape index (κ3) is 5.01. The quantitative estimate of drug-likeness (QED) is 0.747. The molecule has 2 aromatic rings. The van der Waals surface area contributed by atoms with Crippen LogP contribution in [0.5, 0.6) is 0 Å². The van der Waals surface area contributed by atoms with E-state index in [0.29, 0.717) is 5.56 Å². The zero-order chi connectivity index (χ0) is 18.4. The van der Waals surface area contributed by atoms with Gasteiger partial charge in [0.2, 0.25) is 15.9 Å². The van der Waals surface area contributed by atoms with Crippen LogP contribution in [0.4, 0.5) is 0 Å². The Bertz CT molecular complexity index is 861. The first kappa shape index (κ1) is 18.9. The van der Waals surface area contributed by atoms with Crippen LogP contribution < -0.4 is 10.0 Å². The summed E-state index contributed by atoms with van der Waals surface area (Å²) in [5.74, 6) is -0.362. The molecule has 0 saturated heterocycles. The van der Waals surface area contributed by atoms with Crippen LogP contribution in [0, 0.1) is 13.8 Å². The van der Waals surface area contributed by atoms with Crippen LogP contribution in [0.1, 0.15) is 22.7 Å². The van der Waals surface area contributed by atoms with E-state index in [-0.39, 0.29) is 17.3 Å². The highest BCUT2D eigenvalue weighted by atomic mass is 32.2. The molecule has 5 nitrogen and oxygen atoms in total. The molecule has 0 bridgehead atoms. The molecule has 0 aliphatic carbocycles. The highest BCUT2D eigenvalue weighted by Gasteiger charge is 2.20. The lowest BCUT2D eigenvalue weighted by atomic mass is 10.1. The average Bonchev–Trinajstić information content (AvgIpc) is 2.58. The SMILES string of the molecule is C=CC(=O)N[C@@H](CNS(=O)(=O)c1ccc(C)cc1C)c1ccccc1. The number of rotatable bonds is 7. The predicted molar refractivity (Wildman–Crippen MR) is 98.6 cm³/mol. The second-order valence-electron chi connectivity index (χ2n) is 5.80. The molecule has 2 rings (SSSR count). The summed E-state index contributed by atoms with van der Waals surface area (Å²) in [5.41, 5.74) is 2.48. The second-order valence-corrected chi connectivity index (χ2v) is 7.53. The van der Waals surface area contributed by atoms with Gasteiger partial charge in [-0.1, -0.05) is 54.6 Å². The zero-order valence-electron chi connectivity index (χ0n) is 14.3. The van der Waals surface area contributed by atoms with Gasteiger partial charge in [0.25, 0.3) is 0 Å². The van der Waals surface area contributed by atoms with Crippen molar-refractivity contribution < 1.29 is 13.2 Å². The summed E-state index contributed by atoms with van der Waals surface area (Å²) in [6.45, 7) is 7.14. The van der Waals surface area contributed by atoms with E-state index >= 15 is 0 Å². The molecule has 2 N–H and O–H groups in total. The summed E-state index contributed by atoms with van der Waals surface area (Å²) in [6.07, 6.45) is 1.16. The molecule has 6 heteroatoms. The van der Waals surface area contributed by atoms with Crippen molar-refractivity contribution in [3.05, 3.63) is 77.9 Å². The number of sulfonamides is 1. The molecule has 1 atom stereocenters. The van der Waals surface area contributed by atoms with Crippen molar-refractivity contribution in [2.75, 3.05) is 6.54 Å². The first-order valence-electron chi connectivity index (χ1n) is 7.88. The second kappa shape index (κ2) is 8.09. The van der Waals surface area contributed by atoms with Crippen molar-refractivity contribution in [1.82, 2.24) is 10.0 Å². The number of benzene rings is 2. The highest BCUT2D eigenvalue weighted by molar-refractivity contribution is 7.89. The molecule has 132 valence electrons. The molecule has 1 amide bonds. The van der Waals surface area contributed by atoms with Gasteiger partial charge >= 0.3 is 0 Å². The standard InChI is InChI=1S/C19H22N2O3S/c1-4-19(22)21-17(16-8-6-5-7-9-16)13-20-25(23,24)18-11-10-14(2)12-15(18)3/h4-12,17,20H,1,13H2,2-3H3,(H,21,22)/t17-/m0/s1. The maximum Gasteiger partial charge on any atom is 0.243 e. The van der Waals surface area contributed by atoms with Crippen molar-refractivity contribution in [3.63, 3.8) is 0 Å². The number of carbonyl (C=O) groups is 1. The number of nitrogens with one attached hydrogen (secondary N) is 2. The number of carbonyl (C=O) groups excluding carboxylic acids is 1. The van der Waals surface area contributed by atoms with Crippen molar-refractivity contribution >= 4 is 15.9 Å². The third-order valence-electron chi connectivity index (χ3n) is 3.80. The number of hydrogen-bond donors (Lipinski definition) is 2. The van der Waals surface area contributed by atoms with Gasteiger partial charge in [-0.3, -0.25) is 4.79 Å². The average molecular weight is 358 g/mol. The normalized spacial score (nSPS) is 12.4. The first-order chi connectivity index (χ1) is 11.8. The smallest absolute Gasteiger partial charge is 0.243 e. The maximum atomic E-state index is 12.6. The van der Waals surface area contributed by atoms with Gasteiger partial charge in [0.15, 0.2) is 0 Å². The molecule has 0 fully saturated rings. The lowest BCUT2D eigenvalue weighted by Crippen LogP contribution is -2.37. The van der Waals surface area contributed by atoms with Gasteiger partial charge in [0.05, 0.1) is 10.9 Å². The van der Waals surface area contributed by atoms with E-state index in [1.807, 2.05) is 43.3 Å². The molecule has 0 aromatic heterocycles. The van der Waals surface area contributed by atoms with Gasteiger partial charge in [-0.25, -0.2) is 13.1 Å². The molecule has 0 unspecified atom stereocenters. The Hall–Kier alpha value is -2.44. The molecule has 0 radical (unpaired) electrons. The van der Waals surface area contributed by atoms with Gasteiger partial charge < -0.3 is 5.32 Å². The summed E-state index contributed by atoms with van der Waals surface area (Å²) < 4.78 is 27.8. The van der Waals surface area contributed by atoms with Gasteiger partial charge in [-0.2, -0.15) is 0 Å². The van der Waals surface area contributed by atoms with E-state index in [9.17, 15) is 13.2 Å². The Balaban J connectivity index is 2.21. The van der Waals surface area contributed by atoms with E-state index in [4.69, 9.17) is 0 Å². The minimum Gasteiger partial charge on any atom is -0.344 e. The molecule has 0 spiro atoms. The Morgan fingerprint density at radius 1 is 1.16 bits per heavy atom. The Morgan fingerprint density at radius 3 is 2.44 bits per heavy atom. The lowest BCUT2D eigenvalue weighted by molar-refractivity contribution is -0.117. The van der Waals surface area contributed by atoms with Crippen molar-refractivity contribution in [1.29, 1.82) is 0 Å². The fourth-order valence-corrected chi connectivity index (χ4v) is 3.81. The Kier molecular flexibility index (Phi) is 6.12. The molecule has 0 heterocycles. The largest absolute Gasteiger partial charge is 0.344 e. The predicted octanol–water partition coefficient (Wildman–Crippen LogP) is 2.63. The van der Waals surface area contributed by atoms with Crippen LogP contribution >= 0.6 is 0 Å². The summed E-state index contributed by atoms with van der Waals surface area (Å²) in [6, 6.07) is 13.9. The van der Waals surface area contributed by atoms with Crippen molar-refractivity contribution in [3.8, 4) is 0 Å². The van der Waals surface area contributed by atoms with Gasteiger partial charge in [0.1, 0.15) is 0 Å².